The highest BCUT2D eigenvalue weighted by Gasteiger charge is 2.32. The molecule has 24 heavy (non-hydrogen) atoms. The lowest BCUT2D eigenvalue weighted by atomic mass is 9.96. The number of rotatable bonds is 4. The van der Waals surface area contributed by atoms with E-state index >= 15 is 0 Å². The summed E-state index contributed by atoms with van der Waals surface area (Å²) in [7, 11) is 0. The van der Waals surface area contributed by atoms with Crippen molar-refractivity contribution in [3.8, 4) is 0 Å². The van der Waals surface area contributed by atoms with E-state index in [9.17, 15) is 13.2 Å². The molecule has 3 rings (SSSR count). The van der Waals surface area contributed by atoms with Gasteiger partial charge in [0.25, 0.3) is 0 Å². The number of halogens is 3. The summed E-state index contributed by atoms with van der Waals surface area (Å²) in [6.45, 7) is 4.16. The maximum atomic E-state index is 12.6. The summed E-state index contributed by atoms with van der Waals surface area (Å²) in [5, 5.41) is 10.7. The van der Waals surface area contributed by atoms with E-state index in [1.807, 2.05) is 6.07 Å². The minimum atomic E-state index is -4.33. The highest BCUT2D eigenvalue weighted by molar-refractivity contribution is 5.35. The second-order valence-corrected chi connectivity index (χ2v) is 6.29. The van der Waals surface area contributed by atoms with Crippen LogP contribution in [0, 0.1) is 13.8 Å². The van der Waals surface area contributed by atoms with E-state index in [1.165, 1.54) is 16.7 Å². The lowest BCUT2D eigenvalue weighted by Gasteiger charge is -2.26. The lowest BCUT2D eigenvalue weighted by Crippen LogP contribution is -2.27. The first-order valence-corrected chi connectivity index (χ1v) is 7.97. The van der Waals surface area contributed by atoms with Gasteiger partial charge in [-0.15, -0.1) is 5.10 Å². The fraction of sp³-hybridized carbons (Fsp3) is 0.562. The maximum absolute atomic E-state index is 12.6. The summed E-state index contributed by atoms with van der Waals surface area (Å²) in [5.41, 5.74) is 3.70. The number of aryl methyl sites for hydroxylation is 1. The van der Waals surface area contributed by atoms with E-state index in [0.29, 0.717) is 6.54 Å². The molecule has 0 unspecified atom stereocenters. The van der Waals surface area contributed by atoms with Gasteiger partial charge in [0.1, 0.15) is 6.54 Å². The van der Waals surface area contributed by atoms with E-state index in [0.717, 1.165) is 24.1 Å². The highest BCUT2D eigenvalue weighted by atomic mass is 19.4. The van der Waals surface area contributed by atoms with Crippen LogP contribution in [0.25, 0.3) is 0 Å². The monoisotopic (exact) mass is 339 g/mol. The molecule has 0 amide bonds. The third-order valence-corrected chi connectivity index (χ3v) is 4.65. The number of hydrogen-bond acceptors (Lipinski definition) is 4. The zero-order valence-electron chi connectivity index (χ0n) is 13.7. The molecule has 0 saturated carbocycles. The average molecular weight is 339 g/mol. The minimum Gasteiger partial charge on any atom is -0.289 e. The van der Waals surface area contributed by atoms with Crippen LogP contribution in [-0.2, 0) is 13.1 Å². The molecule has 5 nitrogen and oxygen atoms in total. The average Bonchev–Trinajstić information content (AvgIpc) is 3.11. The molecule has 2 heterocycles. The van der Waals surface area contributed by atoms with Gasteiger partial charge in [-0.2, -0.15) is 13.2 Å². The number of aromatic nitrogens is 4. The predicted octanol–water partition coefficient (Wildman–Crippen LogP) is 3.19. The Labute approximate surface area is 138 Å². The van der Waals surface area contributed by atoms with E-state index in [-0.39, 0.29) is 11.9 Å². The van der Waals surface area contributed by atoms with Gasteiger partial charge in [-0.3, -0.25) is 4.90 Å². The largest absolute Gasteiger partial charge is 0.408 e. The van der Waals surface area contributed by atoms with Crippen LogP contribution in [0.15, 0.2) is 18.2 Å². The SMILES string of the molecule is Cc1cccc([C@@H]2CCCN2Cc2nnnn2CC(F)(F)F)c1C. The quantitative estimate of drug-likeness (QED) is 0.858. The molecule has 1 saturated heterocycles. The van der Waals surface area contributed by atoms with Crippen molar-refractivity contribution in [2.75, 3.05) is 6.54 Å². The van der Waals surface area contributed by atoms with Gasteiger partial charge in [0.2, 0.25) is 0 Å². The zero-order chi connectivity index (χ0) is 17.3. The smallest absolute Gasteiger partial charge is 0.289 e. The predicted molar refractivity (Wildman–Crippen MR) is 82.2 cm³/mol. The van der Waals surface area contributed by atoms with Crippen molar-refractivity contribution in [2.24, 2.45) is 0 Å². The van der Waals surface area contributed by atoms with Gasteiger partial charge < -0.3 is 0 Å². The Bertz CT molecular complexity index is 710. The topological polar surface area (TPSA) is 46.8 Å². The van der Waals surface area contributed by atoms with Crippen molar-refractivity contribution >= 4 is 0 Å². The molecule has 0 spiro atoms. The van der Waals surface area contributed by atoms with Crippen LogP contribution in [0.3, 0.4) is 0 Å². The second kappa shape index (κ2) is 6.51. The number of benzene rings is 1. The number of hydrogen-bond donors (Lipinski definition) is 0. The van der Waals surface area contributed by atoms with Gasteiger partial charge in [0.15, 0.2) is 5.82 Å². The van der Waals surface area contributed by atoms with Crippen LogP contribution < -0.4 is 0 Å². The molecule has 0 aliphatic carbocycles. The Morgan fingerprint density at radius 2 is 2.04 bits per heavy atom. The zero-order valence-corrected chi connectivity index (χ0v) is 13.7. The first kappa shape index (κ1) is 16.9. The summed E-state index contributed by atoms with van der Waals surface area (Å²) < 4.78 is 38.7. The van der Waals surface area contributed by atoms with Gasteiger partial charge in [-0.05, 0) is 60.4 Å². The summed E-state index contributed by atoms with van der Waals surface area (Å²) in [5.74, 6) is 0.254. The van der Waals surface area contributed by atoms with Crippen molar-refractivity contribution in [1.82, 2.24) is 25.1 Å². The Kier molecular flexibility index (Phi) is 4.58. The molecule has 1 aliphatic heterocycles. The van der Waals surface area contributed by atoms with E-state index in [4.69, 9.17) is 0 Å². The molecule has 1 aromatic carbocycles. The molecule has 130 valence electrons. The molecule has 1 aromatic heterocycles. The minimum absolute atomic E-state index is 0.195. The van der Waals surface area contributed by atoms with Crippen molar-refractivity contribution in [3.05, 3.63) is 40.7 Å². The third kappa shape index (κ3) is 3.58. The fourth-order valence-electron chi connectivity index (χ4n) is 3.31. The molecule has 1 aliphatic rings. The van der Waals surface area contributed by atoms with Crippen LogP contribution in [0.2, 0.25) is 0 Å². The Morgan fingerprint density at radius 3 is 2.79 bits per heavy atom. The second-order valence-electron chi connectivity index (χ2n) is 6.29. The molecule has 1 fully saturated rings. The van der Waals surface area contributed by atoms with Crippen LogP contribution in [0.5, 0.6) is 0 Å². The molecule has 0 N–H and O–H groups in total. The Morgan fingerprint density at radius 1 is 1.25 bits per heavy atom. The molecule has 0 radical (unpaired) electrons. The first-order valence-electron chi connectivity index (χ1n) is 7.97. The van der Waals surface area contributed by atoms with Gasteiger partial charge in [0, 0.05) is 6.04 Å². The summed E-state index contributed by atoms with van der Waals surface area (Å²) in [4.78, 5) is 2.17. The maximum Gasteiger partial charge on any atom is 0.408 e. The number of tetrazole rings is 1. The van der Waals surface area contributed by atoms with Crippen LogP contribution in [-0.4, -0.2) is 37.8 Å². The van der Waals surface area contributed by atoms with E-state index in [2.05, 4.69) is 46.4 Å². The first-order chi connectivity index (χ1) is 11.3. The summed E-state index contributed by atoms with van der Waals surface area (Å²) in [6.07, 6.45) is -2.33. The normalized spacial score (nSPS) is 19.1. The molecular weight excluding hydrogens is 319 g/mol. The van der Waals surface area contributed by atoms with Crippen LogP contribution in [0.4, 0.5) is 13.2 Å². The molecule has 0 bridgehead atoms. The van der Waals surface area contributed by atoms with Crippen molar-refractivity contribution in [1.29, 1.82) is 0 Å². The molecule has 1 atom stereocenters. The van der Waals surface area contributed by atoms with Gasteiger partial charge in [0.05, 0.1) is 6.54 Å². The highest BCUT2D eigenvalue weighted by Crippen LogP contribution is 2.35. The van der Waals surface area contributed by atoms with Crippen molar-refractivity contribution in [2.45, 2.75) is 52.0 Å². The van der Waals surface area contributed by atoms with Gasteiger partial charge in [-0.1, -0.05) is 18.2 Å². The van der Waals surface area contributed by atoms with Crippen LogP contribution >= 0.6 is 0 Å². The lowest BCUT2D eigenvalue weighted by molar-refractivity contribution is -0.143. The Hall–Kier alpha value is -1.96. The van der Waals surface area contributed by atoms with E-state index in [1.54, 1.807) is 0 Å². The Balaban J connectivity index is 1.80. The number of alkyl halides is 3. The van der Waals surface area contributed by atoms with Gasteiger partial charge >= 0.3 is 6.18 Å². The number of likely N-dealkylation sites (tertiary alicyclic amines) is 1. The standard InChI is InChI=1S/C16H20F3N5/c1-11-5-3-6-13(12(11)2)14-7-4-8-23(14)9-15-20-21-22-24(15)10-16(17,18)19/h3,5-6,14H,4,7-10H2,1-2H3/t14-/m0/s1. The van der Waals surface area contributed by atoms with Crippen molar-refractivity contribution in [3.63, 3.8) is 0 Å². The number of nitrogens with zero attached hydrogens (tertiary/aromatic N) is 5. The molecule has 8 heteroatoms. The fourth-order valence-corrected chi connectivity index (χ4v) is 3.31. The summed E-state index contributed by atoms with van der Waals surface area (Å²) >= 11 is 0. The summed E-state index contributed by atoms with van der Waals surface area (Å²) in [6, 6.07) is 6.40. The van der Waals surface area contributed by atoms with Crippen LogP contribution in [0.1, 0.15) is 41.4 Å². The molecule has 2 aromatic rings. The van der Waals surface area contributed by atoms with E-state index < -0.39 is 12.7 Å². The third-order valence-electron chi connectivity index (χ3n) is 4.65. The molecular formula is C16H20F3N5. The van der Waals surface area contributed by atoms with Gasteiger partial charge in [-0.25, -0.2) is 4.68 Å². The van der Waals surface area contributed by atoms with Crippen molar-refractivity contribution < 1.29 is 13.2 Å².